The van der Waals surface area contributed by atoms with Crippen molar-refractivity contribution in [3.63, 3.8) is 0 Å². The minimum atomic E-state index is -4.40. The van der Waals surface area contributed by atoms with Gasteiger partial charge < -0.3 is 11.1 Å². The van der Waals surface area contributed by atoms with Crippen molar-refractivity contribution in [3.8, 4) is 0 Å². The fourth-order valence-corrected chi connectivity index (χ4v) is 2.69. The average Bonchev–Trinajstić information content (AvgIpc) is 2.37. The molecule has 0 aliphatic carbocycles. The lowest BCUT2D eigenvalue weighted by molar-refractivity contribution is -0.137. The lowest BCUT2D eigenvalue weighted by Crippen LogP contribution is -2.33. The molecule has 0 amide bonds. The summed E-state index contributed by atoms with van der Waals surface area (Å²) in [6.07, 6.45) is -2.66. The highest BCUT2D eigenvalue weighted by molar-refractivity contribution is 6.30. The largest absolute Gasteiger partial charge is 0.416 e. The second kappa shape index (κ2) is 6.98. The van der Waals surface area contributed by atoms with Gasteiger partial charge in [-0.15, -0.1) is 12.4 Å². The monoisotopic (exact) mass is 328 g/mol. The molecule has 1 aromatic carbocycles. The van der Waals surface area contributed by atoms with Crippen molar-refractivity contribution in [2.75, 3.05) is 13.1 Å². The molecule has 1 aliphatic heterocycles. The number of halogens is 5. The van der Waals surface area contributed by atoms with Gasteiger partial charge in [0.2, 0.25) is 0 Å². The summed E-state index contributed by atoms with van der Waals surface area (Å²) in [5.41, 5.74) is 5.82. The molecule has 0 unspecified atom stereocenters. The second-order valence-electron chi connectivity index (χ2n) is 4.88. The quantitative estimate of drug-likeness (QED) is 0.867. The maximum absolute atomic E-state index is 12.7. The Morgan fingerprint density at radius 1 is 1.20 bits per heavy atom. The third-order valence-corrected chi connectivity index (χ3v) is 3.74. The van der Waals surface area contributed by atoms with Gasteiger partial charge in [-0.3, -0.25) is 0 Å². The minimum Gasteiger partial charge on any atom is -0.324 e. The average molecular weight is 329 g/mol. The molecule has 1 saturated heterocycles. The summed E-state index contributed by atoms with van der Waals surface area (Å²) in [5.74, 6) is 0.195. The van der Waals surface area contributed by atoms with Crippen LogP contribution in [0, 0.1) is 5.92 Å². The first-order valence-corrected chi connectivity index (χ1v) is 6.59. The van der Waals surface area contributed by atoms with Gasteiger partial charge in [-0.1, -0.05) is 11.6 Å². The Labute approximate surface area is 127 Å². The molecule has 0 radical (unpaired) electrons. The molecule has 1 heterocycles. The maximum Gasteiger partial charge on any atom is 0.416 e. The van der Waals surface area contributed by atoms with E-state index >= 15 is 0 Å². The third-order valence-electron chi connectivity index (χ3n) is 3.52. The molecule has 0 aromatic heterocycles. The molecule has 7 heteroatoms. The van der Waals surface area contributed by atoms with Crippen molar-refractivity contribution in [2.45, 2.75) is 25.1 Å². The van der Waals surface area contributed by atoms with E-state index in [1.165, 1.54) is 6.07 Å². The van der Waals surface area contributed by atoms with Gasteiger partial charge in [0.05, 0.1) is 5.56 Å². The molecule has 2 nitrogen and oxygen atoms in total. The molecule has 0 saturated carbocycles. The van der Waals surface area contributed by atoms with Gasteiger partial charge in [0.25, 0.3) is 0 Å². The lowest BCUT2D eigenvalue weighted by atomic mass is 9.86. The summed E-state index contributed by atoms with van der Waals surface area (Å²) in [4.78, 5) is 0. The normalized spacial score (nSPS) is 18.4. The smallest absolute Gasteiger partial charge is 0.324 e. The fourth-order valence-electron chi connectivity index (χ4n) is 2.44. The number of alkyl halides is 3. The van der Waals surface area contributed by atoms with Crippen LogP contribution in [0.25, 0.3) is 0 Å². The van der Waals surface area contributed by atoms with E-state index in [0.717, 1.165) is 38.1 Å². The first-order valence-electron chi connectivity index (χ1n) is 6.22. The first kappa shape index (κ1) is 17.6. The standard InChI is InChI=1S/C13H16ClF3N2.ClH/c14-11-6-9(5-10(7-11)13(15,16)17)12(18)8-1-3-19-4-2-8;/h5-8,12,19H,1-4,18H2;1H/t12-;/m1./s1. The van der Waals surface area contributed by atoms with Gasteiger partial charge in [0, 0.05) is 11.1 Å². The second-order valence-corrected chi connectivity index (χ2v) is 5.32. The molecule has 1 atom stereocenters. The van der Waals surface area contributed by atoms with Crippen molar-refractivity contribution < 1.29 is 13.2 Å². The zero-order valence-corrected chi connectivity index (χ0v) is 12.3. The van der Waals surface area contributed by atoms with Gasteiger partial charge >= 0.3 is 6.18 Å². The Bertz CT molecular complexity index is 446. The zero-order valence-electron chi connectivity index (χ0n) is 10.7. The van der Waals surface area contributed by atoms with Crippen LogP contribution >= 0.6 is 24.0 Å². The van der Waals surface area contributed by atoms with Crippen molar-refractivity contribution in [1.29, 1.82) is 0 Å². The Balaban J connectivity index is 0.00000200. The van der Waals surface area contributed by atoms with E-state index < -0.39 is 17.8 Å². The molecule has 0 spiro atoms. The number of nitrogens with one attached hydrogen (secondary N) is 1. The molecule has 1 aliphatic rings. The van der Waals surface area contributed by atoms with Crippen LogP contribution in [0.3, 0.4) is 0 Å². The van der Waals surface area contributed by atoms with Gasteiger partial charge in [-0.05, 0) is 55.6 Å². The SMILES string of the molecule is Cl.N[C@@H](c1cc(Cl)cc(C(F)(F)F)c1)C1CCNCC1. The fraction of sp³-hybridized carbons (Fsp3) is 0.538. The van der Waals surface area contributed by atoms with Gasteiger partial charge in [-0.25, -0.2) is 0 Å². The Morgan fingerprint density at radius 2 is 1.80 bits per heavy atom. The summed E-state index contributed by atoms with van der Waals surface area (Å²) >= 11 is 5.77. The summed E-state index contributed by atoms with van der Waals surface area (Å²) in [6.45, 7) is 1.70. The molecule has 114 valence electrons. The van der Waals surface area contributed by atoms with Crippen molar-refractivity contribution in [1.82, 2.24) is 5.32 Å². The van der Waals surface area contributed by atoms with Crippen LogP contribution in [0.2, 0.25) is 5.02 Å². The number of rotatable bonds is 2. The maximum atomic E-state index is 12.7. The minimum absolute atomic E-state index is 0. The van der Waals surface area contributed by atoms with E-state index in [1.54, 1.807) is 0 Å². The van der Waals surface area contributed by atoms with E-state index in [2.05, 4.69) is 5.32 Å². The van der Waals surface area contributed by atoms with Crippen molar-refractivity contribution in [3.05, 3.63) is 34.3 Å². The number of nitrogens with two attached hydrogens (primary N) is 1. The van der Waals surface area contributed by atoms with Crippen LogP contribution in [-0.2, 0) is 6.18 Å². The van der Waals surface area contributed by atoms with Crippen LogP contribution in [0.1, 0.15) is 30.0 Å². The summed E-state index contributed by atoms with van der Waals surface area (Å²) < 4.78 is 38.2. The predicted octanol–water partition coefficient (Wildman–Crippen LogP) is 3.78. The molecule has 0 bridgehead atoms. The molecule has 3 N–H and O–H groups in total. The molecule has 2 rings (SSSR count). The molecule has 1 aromatic rings. The van der Waals surface area contributed by atoms with Crippen molar-refractivity contribution >= 4 is 24.0 Å². The topological polar surface area (TPSA) is 38.0 Å². The lowest BCUT2D eigenvalue weighted by Gasteiger charge is -2.28. The third kappa shape index (κ3) is 4.25. The number of benzene rings is 1. The van der Waals surface area contributed by atoms with Crippen LogP contribution in [0.15, 0.2) is 18.2 Å². The van der Waals surface area contributed by atoms with Crippen LogP contribution in [0.5, 0.6) is 0 Å². The molecule has 1 fully saturated rings. The predicted molar refractivity (Wildman–Crippen MR) is 76.2 cm³/mol. The number of piperidine rings is 1. The highest BCUT2D eigenvalue weighted by Crippen LogP contribution is 2.35. The van der Waals surface area contributed by atoms with E-state index in [4.69, 9.17) is 17.3 Å². The molecule has 20 heavy (non-hydrogen) atoms. The van der Waals surface area contributed by atoms with Crippen LogP contribution < -0.4 is 11.1 Å². The first-order chi connectivity index (χ1) is 8.88. The highest BCUT2D eigenvalue weighted by Gasteiger charge is 2.32. The van der Waals surface area contributed by atoms with Gasteiger partial charge in [-0.2, -0.15) is 13.2 Å². The summed E-state index contributed by atoms with van der Waals surface area (Å²) in [5, 5.41) is 3.28. The molecular weight excluding hydrogens is 312 g/mol. The Kier molecular flexibility index (Phi) is 6.13. The van der Waals surface area contributed by atoms with E-state index in [0.29, 0.717) is 5.56 Å². The Morgan fingerprint density at radius 3 is 2.35 bits per heavy atom. The van der Waals surface area contributed by atoms with Crippen LogP contribution in [-0.4, -0.2) is 13.1 Å². The Hall–Kier alpha value is -0.490. The zero-order chi connectivity index (χ0) is 14.0. The van der Waals surface area contributed by atoms with Gasteiger partial charge in [0.15, 0.2) is 0 Å². The van der Waals surface area contributed by atoms with E-state index in [-0.39, 0.29) is 23.3 Å². The van der Waals surface area contributed by atoms with E-state index in [9.17, 15) is 13.2 Å². The number of hydrogen-bond acceptors (Lipinski definition) is 2. The van der Waals surface area contributed by atoms with Crippen LogP contribution in [0.4, 0.5) is 13.2 Å². The summed E-state index contributed by atoms with van der Waals surface area (Å²) in [6, 6.07) is 3.17. The van der Waals surface area contributed by atoms with E-state index in [1.807, 2.05) is 0 Å². The molecular formula is C13H17Cl2F3N2. The highest BCUT2D eigenvalue weighted by atomic mass is 35.5. The van der Waals surface area contributed by atoms with Gasteiger partial charge in [0.1, 0.15) is 0 Å². The number of hydrogen-bond donors (Lipinski definition) is 2. The summed E-state index contributed by atoms with van der Waals surface area (Å²) in [7, 11) is 0. The van der Waals surface area contributed by atoms with Crippen molar-refractivity contribution in [2.24, 2.45) is 11.7 Å².